The molecule has 0 aliphatic carbocycles. The fourth-order valence-electron chi connectivity index (χ4n) is 4.41. The minimum Gasteiger partial charge on any atom is -0.462 e. The monoisotopic (exact) mass is 512 g/mol. The van der Waals surface area contributed by atoms with Gasteiger partial charge < -0.3 is 9.47 Å². The van der Waals surface area contributed by atoms with Crippen LogP contribution in [0.3, 0.4) is 0 Å². The molecular weight excluding hydrogens is 467 g/mol. The van der Waals surface area contributed by atoms with Crippen LogP contribution in [0.25, 0.3) is 0 Å². The molecule has 0 spiro atoms. The largest absolute Gasteiger partial charge is 0.462 e. The molecule has 0 saturated heterocycles. The Morgan fingerprint density at radius 3 is 1.54 bits per heavy atom. The van der Waals surface area contributed by atoms with Crippen LogP contribution in [0.1, 0.15) is 123 Å². The van der Waals surface area contributed by atoms with Crippen molar-refractivity contribution < 1.29 is 23.5 Å². The van der Waals surface area contributed by atoms with Crippen LogP contribution in [-0.2, 0) is 15.9 Å². The molecule has 0 atom stereocenters. The summed E-state index contributed by atoms with van der Waals surface area (Å²) in [6, 6.07) is 12.9. The highest BCUT2D eigenvalue weighted by Gasteiger charge is 2.19. The second-order valence-electron chi connectivity index (χ2n) is 9.76. The molecule has 37 heavy (non-hydrogen) atoms. The van der Waals surface area contributed by atoms with Gasteiger partial charge in [0.05, 0.1) is 24.3 Å². The van der Waals surface area contributed by atoms with Gasteiger partial charge in [0.25, 0.3) is 0 Å². The van der Waals surface area contributed by atoms with E-state index in [4.69, 9.17) is 9.47 Å². The molecule has 0 aromatic heterocycles. The molecule has 0 unspecified atom stereocenters. The molecule has 2 rings (SSSR count). The molecule has 0 N–H and O–H groups in total. The van der Waals surface area contributed by atoms with Crippen LogP contribution >= 0.6 is 0 Å². The average molecular weight is 513 g/mol. The summed E-state index contributed by atoms with van der Waals surface area (Å²) in [5.41, 5.74) is 0.849. The number of hydrogen-bond acceptors (Lipinski definition) is 4. The summed E-state index contributed by atoms with van der Waals surface area (Å²) in [5.74, 6) is -1.46. The van der Waals surface area contributed by atoms with Gasteiger partial charge in [-0.05, 0) is 30.2 Å². The fraction of sp³-hybridized carbons (Fsp3) is 0.562. The molecule has 0 fully saturated rings. The van der Waals surface area contributed by atoms with Crippen molar-refractivity contribution in [3.05, 3.63) is 71.0 Å². The van der Waals surface area contributed by atoms with Gasteiger partial charge in [0, 0.05) is 6.42 Å². The molecule has 5 heteroatoms. The summed E-state index contributed by atoms with van der Waals surface area (Å²) >= 11 is 0. The summed E-state index contributed by atoms with van der Waals surface area (Å²) in [6.07, 6.45) is 18.0. The average Bonchev–Trinajstić information content (AvgIpc) is 2.91. The lowest BCUT2D eigenvalue weighted by Gasteiger charge is -2.10. The topological polar surface area (TPSA) is 52.6 Å². The summed E-state index contributed by atoms with van der Waals surface area (Å²) < 4.78 is 24.5. The fourth-order valence-corrected chi connectivity index (χ4v) is 4.41. The van der Waals surface area contributed by atoms with Crippen molar-refractivity contribution in [2.45, 2.75) is 103 Å². The zero-order valence-corrected chi connectivity index (χ0v) is 22.7. The number of carbonyl (C=O) groups excluding carboxylic acids is 2. The van der Waals surface area contributed by atoms with Crippen molar-refractivity contribution >= 4 is 11.9 Å². The van der Waals surface area contributed by atoms with Gasteiger partial charge in [0.15, 0.2) is 0 Å². The van der Waals surface area contributed by atoms with Crippen LogP contribution in [0.15, 0.2) is 48.5 Å². The van der Waals surface area contributed by atoms with E-state index in [-0.39, 0.29) is 30.0 Å². The van der Waals surface area contributed by atoms with Crippen molar-refractivity contribution in [2.24, 2.45) is 0 Å². The molecule has 0 radical (unpaired) electrons. The number of ether oxygens (including phenoxy) is 2. The summed E-state index contributed by atoms with van der Waals surface area (Å²) in [7, 11) is 0. The second-order valence-corrected chi connectivity index (χ2v) is 9.76. The summed E-state index contributed by atoms with van der Waals surface area (Å²) in [5, 5.41) is 0. The maximum Gasteiger partial charge on any atom is 0.339 e. The van der Waals surface area contributed by atoms with Crippen LogP contribution in [0.4, 0.5) is 4.39 Å². The number of rotatable bonds is 20. The Labute approximate surface area is 223 Å². The van der Waals surface area contributed by atoms with Crippen molar-refractivity contribution in [1.29, 1.82) is 0 Å². The molecule has 0 aliphatic heterocycles. The minimum absolute atomic E-state index is 0.0300. The minimum atomic E-state index is -0.611. The lowest BCUT2D eigenvalue weighted by atomic mass is 10.0. The van der Waals surface area contributed by atoms with Gasteiger partial charge in [-0.15, -0.1) is 0 Å². The third-order valence-electron chi connectivity index (χ3n) is 6.66. The zero-order chi connectivity index (χ0) is 26.6. The number of unbranched alkanes of at least 4 members (excludes halogenated alkanes) is 13. The van der Waals surface area contributed by atoms with Gasteiger partial charge in [-0.25, -0.2) is 14.0 Å². The Kier molecular flexibility index (Phi) is 16.0. The van der Waals surface area contributed by atoms with Gasteiger partial charge in [-0.2, -0.15) is 0 Å². The van der Waals surface area contributed by atoms with Crippen molar-refractivity contribution in [3.8, 4) is 0 Å². The van der Waals surface area contributed by atoms with E-state index in [9.17, 15) is 14.0 Å². The zero-order valence-electron chi connectivity index (χ0n) is 22.7. The van der Waals surface area contributed by atoms with Gasteiger partial charge in [0.2, 0.25) is 0 Å². The Hall–Kier alpha value is -2.69. The molecule has 2 aromatic rings. The summed E-state index contributed by atoms with van der Waals surface area (Å²) in [4.78, 5) is 25.1. The van der Waals surface area contributed by atoms with Gasteiger partial charge in [-0.1, -0.05) is 121 Å². The van der Waals surface area contributed by atoms with E-state index in [1.165, 1.54) is 76.7 Å². The maximum atomic E-state index is 13.7. The molecule has 2 aromatic carbocycles. The predicted octanol–water partition coefficient (Wildman–Crippen LogP) is 8.86. The van der Waals surface area contributed by atoms with E-state index < -0.39 is 11.9 Å². The lowest BCUT2D eigenvalue weighted by molar-refractivity contribution is 0.0455. The quantitative estimate of drug-likeness (QED) is 0.131. The number of benzene rings is 2. The third-order valence-corrected chi connectivity index (χ3v) is 6.66. The van der Waals surface area contributed by atoms with Crippen molar-refractivity contribution in [1.82, 2.24) is 0 Å². The van der Waals surface area contributed by atoms with Crippen LogP contribution in [0.2, 0.25) is 0 Å². The summed E-state index contributed by atoms with van der Waals surface area (Å²) in [6.45, 7) is 2.63. The van der Waals surface area contributed by atoms with E-state index >= 15 is 0 Å². The molecule has 0 aliphatic rings. The van der Waals surface area contributed by atoms with Crippen LogP contribution < -0.4 is 0 Å². The molecular formula is C32H45FO4. The Balaban J connectivity index is 1.56. The van der Waals surface area contributed by atoms with Crippen LogP contribution in [0.5, 0.6) is 0 Å². The van der Waals surface area contributed by atoms with Gasteiger partial charge in [0.1, 0.15) is 5.82 Å². The van der Waals surface area contributed by atoms with E-state index in [2.05, 4.69) is 6.92 Å². The number of carbonyl (C=O) groups is 2. The van der Waals surface area contributed by atoms with E-state index in [0.29, 0.717) is 12.2 Å². The highest BCUT2D eigenvalue weighted by Crippen LogP contribution is 2.15. The van der Waals surface area contributed by atoms with Crippen LogP contribution in [-0.4, -0.2) is 25.2 Å². The van der Waals surface area contributed by atoms with E-state index in [1.807, 2.05) is 0 Å². The molecule has 204 valence electrons. The predicted molar refractivity (Wildman–Crippen MR) is 147 cm³/mol. The maximum absolute atomic E-state index is 13.7. The normalized spacial score (nSPS) is 10.9. The number of esters is 2. The molecule has 0 bridgehead atoms. The van der Waals surface area contributed by atoms with Gasteiger partial charge in [-0.3, -0.25) is 0 Å². The van der Waals surface area contributed by atoms with Crippen molar-refractivity contribution in [3.63, 3.8) is 0 Å². The standard InChI is InChI=1S/C32H45FO4/c1-2-3-4-5-6-7-8-9-10-11-12-13-14-19-25-36-31(34)28-21-16-17-22-29(28)32(35)37-26-24-27-20-15-18-23-30(27)33/h15-18,20-23H,2-14,19,24-26H2,1H3. The van der Waals surface area contributed by atoms with Crippen molar-refractivity contribution in [2.75, 3.05) is 13.2 Å². The highest BCUT2D eigenvalue weighted by molar-refractivity contribution is 6.03. The smallest absolute Gasteiger partial charge is 0.339 e. The van der Waals surface area contributed by atoms with E-state index in [0.717, 1.165) is 19.3 Å². The first kappa shape index (κ1) is 30.5. The lowest BCUT2D eigenvalue weighted by Crippen LogP contribution is -2.15. The molecule has 4 nitrogen and oxygen atoms in total. The highest BCUT2D eigenvalue weighted by atomic mass is 19.1. The molecule has 0 saturated carbocycles. The molecule has 0 heterocycles. The first-order valence-electron chi connectivity index (χ1n) is 14.3. The first-order valence-corrected chi connectivity index (χ1v) is 14.3. The van der Waals surface area contributed by atoms with Crippen LogP contribution in [0, 0.1) is 5.82 Å². The first-order chi connectivity index (χ1) is 18.1. The van der Waals surface area contributed by atoms with Gasteiger partial charge >= 0.3 is 11.9 Å². The number of halogens is 1. The number of hydrogen-bond donors (Lipinski definition) is 0. The Morgan fingerprint density at radius 1 is 0.595 bits per heavy atom. The second kappa shape index (κ2) is 19.4. The third kappa shape index (κ3) is 12.9. The molecule has 0 amide bonds. The Morgan fingerprint density at radius 2 is 1.03 bits per heavy atom. The SMILES string of the molecule is CCCCCCCCCCCCCCCCOC(=O)c1ccccc1C(=O)OCCc1ccccc1F. The van der Waals surface area contributed by atoms with E-state index in [1.54, 1.807) is 42.5 Å². The Bertz CT molecular complexity index is 911.